The van der Waals surface area contributed by atoms with Crippen molar-refractivity contribution in [3.63, 3.8) is 0 Å². The molecule has 0 bridgehead atoms. The van der Waals surface area contributed by atoms with Gasteiger partial charge in [0.15, 0.2) is 26.1 Å². The van der Waals surface area contributed by atoms with Crippen LogP contribution >= 0.6 is 0 Å². The van der Waals surface area contributed by atoms with Gasteiger partial charge >= 0.3 is 11.0 Å². The molecule has 0 unspecified atom stereocenters. The number of alkyl halides is 6. The van der Waals surface area contributed by atoms with Crippen molar-refractivity contribution in [1.29, 1.82) is 0 Å². The minimum Gasteiger partial charge on any atom is -0.421 e. The first kappa shape index (κ1) is 34.8. The fourth-order valence-corrected chi connectivity index (χ4v) is 5.08. The van der Waals surface area contributed by atoms with Crippen molar-refractivity contribution in [2.75, 3.05) is 6.54 Å². The molecule has 0 radical (unpaired) electrons. The van der Waals surface area contributed by atoms with Gasteiger partial charge in [-0.2, -0.15) is 26.3 Å². The van der Waals surface area contributed by atoms with E-state index < -0.39 is 31.1 Å². The number of nitrogens with zero attached hydrogens (tertiary/aromatic N) is 3. The van der Waals surface area contributed by atoms with E-state index in [1.807, 2.05) is 59.7 Å². The van der Waals surface area contributed by atoms with E-state index >= 15 is 0 Å². The Hall–Kier alpha value is -3.44. The van der Waals surface area contributed by atoms with Gasteiger partial charge < -0.3 is 9.44 Å². The summed E-state index contributed by atoms with van der Waals surface area (Å²) in [6.45, 7) is 3.65. The van der Waals surface area contributed by atoms with Crippen LogP contribution in [0.15, 0.2) is 79.4 Å². The first-order valence-electron chi connectivity index (χ1n) is 12.3. The van der Waals surface area contributed by atoms with E-state index in [9.17, 15) is 48.0 Å². The third-order valence-corrected chi connectivity index (χ3v) is 8.21. The van der Waals surface area contributed by atoms with Crippen molar-refractivity contribution in [3.8, 4) is 0 Å². The summed E-state index contributed by atoms with van der Waals surface area (Å²) < 4.78 is 113. The molecule has 0 aliphatic rings. The lowest BCUT2D eigenvalue weighted by Gasteiger charge is -2.22. The highest BCUT2D eigenvalue weighted by atomic mass is 32.3. The third kappa shape index (κ3) is 10.4. The molecular weight excluding hydrogens is 614 g/mol. The number of carbonyl (C=O) groups is 1. The van der Waals surface area contributed by atoms with E-state index in [0.29, 0.717) is 6.42 Å². The second-order valence-electron chi connectivity index (χ2n) is 8.79. The Balaban J connectivity index is 0.000000351. The van der Waals surface area contributed by atoms with Gasteiger partial charge in [0.2, 0.25) is 6.33 Å². The summed E-state index contributed by atoms with van der Waals surface area (Å²) in [5.41, 5.74) is -10.00. The lowest BCUT2D eigenvalue weighted by Crippen LogP contribution is -2.36. The number of imidazole rings is 1. The normalized spacial score (nSPS) is 13.1. The molecule has 1 heterocycles. The van der Waals surface area contributed by atoms with Crippen LogP contribution in [-0.4, -0.2) is 44.9 Å². The maximum Gasteiger partial charge on any atom is 0.480 e. The van der Waals surface area contributed by atoms with Crippen molar-refractivity contribution in [3.05, 3.63) is 94.6 Å². The van der Waals surface area contributed by atoms with Crippen LogP contribution in [0, 0.1) is 0 Å². The minimum atomic E-state index is -6.72. The van der Waals surface area contributed by atoms with Gasteiger partial charge in [0.25, 0.3) is 5.91 Å². The number of rotatable bonds is 11. The van der Waals surface area contributed by atoms with E-state index in [1.165, 1.54) is 5.56 Å². The number of carbonyl (C=O) groups excluding carboxylic acids is 1. The largest absolute Gasteiger partial charge is 0.480 e. The zero-order chi connectivity index (χ0) is 31.6. The molecule has 232 valence electrons. The molecule has 17 heteroatoms. The molecule has 0 spiro atoms. The molecule has 3 rings (SSSR count). The summed E-state index contributed by atoms with van der Waals surface area (Å²) in [6.07, 6.45) is 8.81. The highest BCUT2D eigenvalue weighted by molar-refractivity contribution is 8.13. The number of amides is 1. The molecule has 3 aromatic rings. The number of unbranched alkanes of at least 4 members (excludes halogenated alkanes) is 1. The van der Waals surface area contributed by atoms with Crippen LogP contribution < -0.4 is 9.88 Å². The monoisotopic (exact) mass is 642 g/mol. The number of aromatic nitrogens is 2. The predicted octanol–water partition coefficient (Wildman–Crippen LogP) is 4.58. The molecule has 0 aliphatic carbocycles. The van der Waals surface area contributed by atoms with Gasteiger partial charge in [0.05, 0.1) is 0 Å². The van der Waals surface area contributed by atoms with E-state index in [1.54, 1.807) is 0 Å². The molecule has 42 heavy (non-hydrogen) atoms. The van der Waals surface area contributed by atoms with Crippen molar-refractivity contribution < 1.29 is 52.5 Å². The maximum atomic E-state index is 12.8. The summed E-state index contributed by atoms with van der Waals surface area (Å²) in [7, 11) is -13.4. The SMILES string of the molecule is CCCCNC(=O)[C@H](Cc1ccccc1)n1cc[n+](Cc2ccccc2)c1.O=S(=O)([N-]S(=O)(=O)C(F)(F)F)C(F)(F)F. The summed E-state index contributed by atoms with van der Waals surface area (Å²) in [4.78, 5) is 12.8. The topological polar surface area (TPSA) is 120 Å². The van der Waals surface area contributed by atoms with Gasteiger partial charge in [0, 0.05) is 13.0 Å². The molecule has 0 fully saturated rings. The summed E-state index contributed by atoms with van der Waals surface area (Å²) in [5.74, 6) is 0.0785. The van der Waals surface area contributed by atoms with E-state index in [-0.39, 0.29) is 11.9 Å². The number of hydrogen-bond acceptors (Lipinski definition) is 5. The van der Waals surface area contributed by atoms with Gasteiger partial charge in [-0.15, -0.1) is 0 Å². The molecule has 2 aromatic carbocycles. The summed E-state index contributed by atoms with van der Waals surface area (Å²) >= 11 is 0. The van der Waals surface area contributed by atoms with Crippen LogP contribution in [-0.2, 0) is 37.8 Å². The Bertz CT molecular complexity index is 1450. The van der Waals surface area contributed by atoms with Crippen LogP contribution in [0.5, 0.6) is 0 Å². The Kier molecular flexibility index (Phi) is 12.1. The highest BCUT2D eigenvalue weighted by Gasteiger charge is 2.47. The fraction of sp³-hybridized carbons (Fsp3) is 0.360. The van der Waals surface area contributed by atoms with Gasteiger partial charge in [0.1, 0.15) is 18.9 Å². The van der Waals surface area contributed by atoms with Crippen LogP contribution in [0.4, 0.5) is 26.3 Å². The average molecular weight is 643 g/mol. The fourth-order valence-electron chi connectivity index (χ4n) is 3.37. The predicted molar refractivity (Wildman–Crippen MR) is 141 cm³/mol. The van der Waals surface area contributed by atoms with Gasteiger partial charge in [-0.25, -0.2) is 26.0 Å². The lowest BCUT2D eigenvalue weighted by atomic mass is 10.1. The van der Waals surface area contributed by atoms with E-state index in [0.717, 1.165) is 35.6 Å². The van der Waals surface area contributed by atoms with Gasteiger partial charge in [-0.05, 0) is 17.5 Å². The second kappa shape index (κ2) is 14.6. The molecule has 1 aromatic heterocycles. The average Bonchev–Trinajstić information content (AvgIpc) is 3.35. The smallest absolute Gasteiger partial charge is 0.421 e. The number of halogens is 6. The first-order valence-corrected chi connectivity index (χ1v) is 15.1. The summed E-state index contributed by atoms with van der Waals surface area (Å²) in [5, 5.41) is 3.09. The van der Waals surface area contributed by atoms with Crippen LogP contribution in [0.3, 0.4) is 0 Å². The van der Waals surface area contributed by atoms with Crippen molar-refractivity contribution in [1.82, 2.24) is 9.88 Å². The van der Waals surface area contributed by atoms with Crippen LogP contribution in [0.25, 0.3) is 4.13 Å². The molecule has 0 aliphatic heterocycles. The Morgan fingerprint density at radius 2 is 1.38 bits per heavy atom. The molecule has 0 saturated heterocycles. The molecule has 1 atom stereocenters. The third-order valence-electron chi connectivity index (χ3n) is 5.47. The quantitative estimate of drug-likeness (QED) is 0.187. The molecular formula is C25H28F6N4O5S2. The Morgan fingerprint density at radius 1 is 0.881 bits per heavy atom. The molecule has 0 saturated carbocycles. The van der Waals surface area contributed by atoms with Crippen molar-refractivity contribution >= 4 is 26.0 Å². The standard InChI is InChI=1S/C23H27N3O.C2F6NO4S2/c1-2-3-14-24-23(27)22(17-20-10-6-4-7-11-20)26-16-15-25(19-26)18-21-12-8-5-9-13-21;3-1(4,5)14(10,11)9-15(12,13)2(6,7)8/h4-13,15-16,19,22H,2-3,14,17-18H2,1H3;/q;-1/p+1/t22-;/m0./s1. The van der Waals surface area contributed by atoms with Crippen molar-refractivity contribution in [2.24, 2.45) is 0 Å². The Labute approximate surface area is 239 Å². The molecule has 9 nitrogen and oxygen atoms in total. The second-order valence-corrected chi connectivity index (χ2v) is 12.2. The zero-order valence-corrected chi connectivity index (χ0v) is 23.7. The number of benzene rings is 2. The van der Waals surface area contributed by atoms with Crippen LogP contribution in [0.1, 0.15) is 36.9 Å². The maximum absolute atomic E-state index is 12.8. The number of sulfonamides is 2. The van der Waals surface area contributed by atoms with Gasteiger partial charge in [-0.3, -0.25) is 4.79 Å². The van der Waals surface area contributed by atoms with Crippen molar-refractivity contribution in [2.45, 2.75) is 49.8 Å². The van der Waals surface area contributed by atoms with E-state index in [2.05, 4.69) is 41.1 Å². The van der Waals surface area contributed by atoms with Crippen LogP contribution in [0.2, 0.25) is 0 Å². The molecule has 1 amide bonds. The lowest BCUT2D eigenvalue weighted by molar-refractivity contribution is -0.687. The van der Waals surface area contributed by atoms with Gasteiger partial charge in [-0.1, -0.05) is 74.0 Å². The highest BCUT2D eigenvalue weighted by Crippen LogP contribution is 2.36. The summed E-state index contributed by atoms with van der Waals surface area (Å²) in [6, 6.07) is 20.3. The minimum absolute atomic E-state index is 0.0785. The zero-order valence-electron chi connectivity index (χ0n) is 22.1. The molecule has 1 N–H and O–H groups in total. The number of nitrogens with one attached hydrogen (secondary N) is 1. The first-order chi connectivity index (χ1) is 19.5. The Morgan fingerprint density at radius 3 is 1.86 bits per heavy atom. The number of hydrogen-bond donors (Lipinski definition) is 1. The van der Waals surface area contributed by atoms with E-state index in [4.69, 9.17) is 0 Å².